The second-order valence-electron chi connectivity index (χ2n) is 3.39. The highest BCUT2D eigenvalue weighted by Crippen LogP contribution is 2.11. The molecule has 1 amide bonds. The molecule has 0 fully saturated rings. The van der Waals surface area contributed by atoms with Crippen LogP contribution in [0.1, 0.15) is 12.5 Å². The van der Waals surface area contributed by atoms with E-state index in [1.807, 2.05) is 0 Å². The molecule has 16 heavy (non-hydrogen) atoms. The van der Waals surface area contributed by atoms with E-state index in [1.54, 1.807) is 19.1 Å². The lowest BCUT2D eigenvalue weighted by Gasteiger charge is -2.04. The fourth-order valence-electron chi connectivity index (χ4n) is 1.07. The number of nitrogens with one attached hydrogen (secondary N) is 1. The number of nitro benzene ring substituents is 1. The standard InChI is InChI=1S/C11H12N2O3/c1-8(2)11(14)12-7-9-3-5-10(6-4-9)13(15)16/h3-6H,1,7H2,2H3,(H,12,14). The van der Waals surface area contributed by atoms with Crippen LogP contribution in [-0.4, -0.2) is 10.8 Å². The summed E-state index contributed by atoms with van der Waals surface area (Å²) in [5, 5.41) is 13.0. The average molecular weight is 220 g/mol. The van der Waals surface area contributed by atoms with Gasteiger partial charge in [0.25, 0.3) is 5.69 Å². The minimum atomic E-state index is -0.462. The number of hydrogen-bond donors (Lipinski definition) is 1. The number of amides is 1. The molecule has 1 aromatic carbocycles. The molecule has 1 aromatic rings. The van der Waals surface area contributed by atoms with Crippen molar-refractivity contribution in [2.45, 2.75) is 13.5 Å². The topological polar surface area (TPSA) is 72.2 Å². The first-order chi connectivity index (χ1) is 7.50. The van der Waals surface area contributed by atoms with Crippen LogP contribution in [0.25, 0.3) is 0 Å². The van der Waals surface area contributed by atoms with E-state index in [1.165, 1.54) is 12.1 Å². The summed E-state index contributed by atoms with van der Waals surface area (Å²) in [5.41, 5.74) is 1.28. The second-order valence-corrected chi connectivity index (χ2v) is 3.39. The number of nitrogens with zero attached hydrogens (tertiary/aromatic N) is 1. The normalized spacial score (nSPS) is 9.56. The molecular formula is C11H12N2O3. The lowest BCUT2D eigenvalue weighted by Crippen LogP contribution is -2.22. The maximum atomic E-state index is 11.2. The van der Waals surface area contributed by atoms with E-state index in [2.05, 4.69) is 11.9 Å². The molecule has 0 heterocycles. The van der Waals surface area contributed by atoms with Crippen LogP contribution >= 0.6 is 0 Å². The van der Waals surface area contributed by atoms with Crippen molar-refractivity contribution in [3.63, 3.8) is 0 Å². The Morgan fingerprint density at radius 2 is 2.00 bits per heavy atom. The fraction of sp³-hybridized carbons (Fsp3) is 0.182. The molecule has 84 valence electrons. The van der Waals surface area contributed by atoms with E-state index in [0.29, 0.717) is 12.1 Å². The van der Waals surface area contributed by atoms with Crippen LogP contribution in [0, 0.1) is 10.1 Å². The van der Waals surface area contributed by atoms with Crippen LogP contribution in [-0.2, 0) is 11.3 Å². The van der Waals surface area contributed by atoms with Crippen molar-refractivity contribution in [1.82, 2.24) is 5.32 Å². The molecule has 0 spiro atoms. The Hall–Kier alpha value is -2.17. The Balaban J connectivity index is 2.59. The molecule has 5 heteroatoms. The van der Waals surface area contributed by atoms with Crippen molar-refractivity contribution in [1.29, 1.82) is 0 Å². The Kier molecular flexibility index (Phi) is 3.77. The summed E-state index contributed by atoms with van der Waals surface area (Å²) in [7, 11) is 0. The lowest BCUT2D eigenvalue weighted by atomic mass is 10.2. The minimum absolute atomic E-state index is 0.0370. The van der Waals surface area contributed by atoms with Crippen LogP contribution in [0.5, 0.6) is 0 Å². The number of non-ortho nitro benzene ring substituents is 1. The highest BCUT2D eigenvalue weighted by molar-refractivity contribution is 5.91. The van der Waals surface area contributed by atoms with E-state index in [-0.39, 0.29) is 11.6 Å². The zero-order chi connectivity index (χ0) is 12.1. The molecule has 0 unspecified atom stereocenters. The lowest BCUT2D eigenvalue weighted by molar-refractivity contribution is -0.384. The minimum Gasteiger partial charge on any atom is -0.348 e. The van der Waals surface area contributed by atoms with E-state index in [4.69, 9.17) is 0 Å². The molecule has 1 N–H and O–H groups in total. The van der Waals surface area contributed by atoms with Gasteiger partial charge >= 0.3 is 0 Å². The molecule has 0 bridgehead atoms. The second kappa shape index (κ2) is 5.06. The van der Waals surface area contributed by atoms with Crippen molar-refractivity contribution in [2.24, 2.45) is 0 Å². The molecule has 5 nitrogen and oxygen atoms in total. The predicted molar refractivity (Wildman–Crippen MR) is 59.8 cm³/mol. The third kappa shape index (κ3) is 3.20. The smallest absolute Gasteiger partial charge is 0.269 e. The van der Waals surface area contributed by atoms with Gasteiger partial charge in [0.1, 0.15) is 0 Å². The number of benzene rings is 1. The monoisotopic (exact) mass is 220 g/mol. The van der Waals surface area contributed by atoms with Gasteiger partial charge in [0, 0.05) is 24.3 Å². The van der Waals surface area contributed by atoms with Crippen LogP contribution in [0.4, 0.5) is 5.69 Å². The Labute approximate surface area is 92.9 Å². The summed E-state index contributed by atoms with van der Waals surface area (Å²) in [6.07, 6.45) is 0. The van der Waals surface area contributed by atoms with Crippen LogP contribution < -0.4 is 5.32 Å². The average Bonchev–Trinajstić information content (AvgIpc) is 2.26. The summed E-state index contributed by atoms with van der Waals surface area (Å²) in [6.45, 7) is 5.46. The molecule has 0 atom stereocenters. The van der Waals surface area contributed by atoms with Gasteiger partial charge in [-0.3, -0.25) is 14.9 Å². The van der Waals surface area contributed by atoms with Gasteiger partial charge in [-0.25, -0.2) is 0 Å². The highest BCUT2D eigenvalue weighted by Gasteiger charge is 2.05. The van der Waals surface area contributed by atoms with E-state index in [9.17, 15) is 14.9 Å². The van der Waals surface area contributed by atoms with Gasteiger partial charge in [0.15, 0.2) is 0 Å². The number of rotatable bonds is 4. The molecule has 0 aromatic heterocycles. The van der Waals surface area contributed by atoms with Gasteiger partial charge in [-0.15, -0.1) is 0 Å². The molecule has 0 aliphatic carbocycles. The Morgan fingerprint density at radius 3 is 2.44 bits per heavy atom. The molecular weight excluding hydrogens is 208 g/mol. The van der Waals surface area contributed by atoms with Crippen molar-refractivity contribution < 1.29 is 9.72 Å². The van der Waals surface area contributed by atoms with E-state index >= 15 is 0 Å². The highest BCUT2D eigenvalue weighted by atomic mass is 16.6. The van der Waals surface area contributed by atoms with Gasteiger partial charge in [-0.2, -0.15) is 0 Å². The van der Waals surface area contributed by atoms with Crippen molar-refractivity contribution >= 4 is 11.6 Å². The summed E-state index contributed by atoms with van der Waals surface area (Å²) in [5.74, 6) is -0.224. The molecule has 0 saturated carbocycles. The Morgan fingerprint density at radius 1 is 1.44 bits per heavy atom. The van der Waals surface area contributed by atoms with Crippen LogP contribution in [0.2, 0.25) is 0 Å². The van der Waals surface area contributed by atoms with Crippen molar-refractivity contribution in [3.05, 3.63) is 52.1 Å². The number of nitro groups is 1. The zero-order valence-electron chi connectivity index (χ0n) is 8.90. The first-order valence-corrected chi connectivity index (χ1v) is 4.67. The third-order valence-electron chi connectivity index (χ3n) is 1.99. The van der Waals surface area contributed by atoms with Gasteiger partial charge in [0.05, 0.1) is 4.92 Å². The first-order valence-electron chi connectivity index (χ1n) is 4.67. The summed E-state index contributed by atoms with van der Waals surface area (Å²) >= 11 is 0. The summed E-state index contributed by atoms with van der Waals surface area (Å²) in [4.78, 5) is 21.1. The molecule has 0 saturated heterocycles. The van der Waals surface area contributed by atoms with Gasteiger partial charge in [0.2, 0.25) is 5.91 Å². The molecule has 0 aliphatic heterocycles. The fourth-order valence-corrected chi connectivity index (χ4v) is 1.07. The number of hydrogen-bond acceptors (Lipinski definition) is 3. The number of carbonyl (C=O) groups excluding carboxylic acids is 1. The Bertz CT molecular complexity index is 423. The van der Waals surface area contributed by atoms with Crippen molar-refractivity contribution in [2.75, 3.05) is 0 Å². The maximum absolute atomic E-state index is 11.2. The summed E-state index contributed by atoms with van der Waals surface area (Å²) < 4.78 is 0. The first kappa shape index (κ1) is 11.9. The SMILES string of the molecule is C=C(C)C(=O)NCc1ccc([N+](=O)[O-])cc1. The largest absolute Gasteiger partial charge is 0.348 e. The van der Waals surface area contributed by atoms with Crippen LogP contribution in [0.15, 0.2) is 36.4 Å². The number of carbonyl (C=O) groups is 1. The van der Waals surface area contributed by atoms with Gasteiger partial charge in [-0.05, 0) is 12.5 Å². The molecule has 0 radical (unpaired) electrons. The summed E-state index contributed by atoms with van der Waals surface area (Å²) in [6, 6.07) is 6.03. The van der Waals surface area contributed by atoms with Crippen molar-refractivity contribution in [3.8, 4) is 0 Å². The van der Waals surface area contributed by atoms with Gasteiger partial charge < -0.3 is 5.32 Å². The predicted octanol–water partition coefficient (Wildman–Crippen LogP) is 1.79. The van der Waals surface area contributed by atoms with E-state index < -0.39 is 4.92 Å². The molecule has 0 aliphatic rings. The van der Waals surface area contributed by atoms with Crippen LogP contribution in [0.3, 0.4) is 0 Å². The third-order valence-corrected chi connectivity index (χ3v) is 1.99. The van der Waals surface area contributed by atoms with E-state index in [0.717, 1.165) is 5.56 Å². The zero-order valence-corrected chi connectivity index (χ0v) is 8.90. The van der Waals surface area contributed by atoms with Gasteiger partial charge in [-0.1, -0.05) is 18.7 Å². The quantitative estimate of drug-likeness (QED) is 0.477. The molecule has 1 rings (SSSR count). The maximum Gasteiger partial charge on any atom is 0.269 e.